The molecule has 0 aliphatic carbocycles. The number of halogens is 2. The molecule has 1 amide bonds. The summed E-state index contributed by atoms with van der Waals surface area (Å²) in [6.07, 6.45) is 0. The summed E-state index contributed by atoms with van der Waals surface area (Å²) in [5.41, 5.74) is 0.852. The molecule has 0 saturated carbocycles. The molecule has 0 aliphatic heterocycles. The Morgan fingerprint density at radius 2 is 2.07 bits per heavy atom. The molecule has 0 bridgehead atoms. The molecule has 0 aromatic heterocycles. The summed E-state index contributed by atoms with van der Waals surface area (Å²) < 4.78 is 0. The minimum Gasteiger partial charge on any atom is -0.345 e. The molecule has 15 heavy (non-hydrogen) atoms. The first-order chi connectivity index (χ1) is 7.02. The van der Waals surface area contributed by atoms with E-state index < -0.39 is 0 Å². The maximum atomic E-state index is 11.3. The summed E-state index contributed by atoms with van der Waals surface area (Å²) in [5, 5.41) is 3.26. The normalized spacial score (nSPS) is 11.9. The average Bonchev–Trinajstić information content (AvgIpc) is 2.18. The highest BCUT2D eigenvalue weighted by atomic mass is 35.5. The van der Waals surface area contributed by atoms with Crippen LogP contribution in [0.25, 0.3) is 0 Å². The Morgan fingerprint density at radius 1 is 1.47 bits per heavy atom. The van der Waals surface area contributed by atoms with E-state index in [1.807, 2.05) is 25.1 Å². The van der Waals surface area contributed by atoms with E-state index in [9.17, 15) is 4.79 Å². The molecular weight excluding hydrogens is 233 g/mol. The van der Waals surface area contributed by atoms with Crippen molar-refractivity contribution in [2.24, 2.45) is 0 Å². The van der Waals surface area contributed by atoms with Crippen LogP contribution in [-0.2, 0) is 4.79 Å². The molecule has 0 spiro atoms. The lowest BCUT2D eigenvalue weighted by Gasteiger charge is -2.14. The molecule has 1 atom stereocenters. The second-order valence-electron chi connectivity index (χ2n) is 3.12. The van der Waals surface area contributed by atoms with Gasteiger partial charge in [-0.1, -0.05) is 48.0 Å². The first-order valence-corrected chi connectivity index (χ1v) is 5.17. The number of benzene rings is 1. The third kappa shape index (κ3) is 3.26. The van der Waals surface area contributed by atoms with Crippen LogP contribution in [0, 0.1) is 0 Å². The SMILES string of the molecule is C=C(Cl)C(=O)N[C@H](C)c1ccccc1Cl. The highest BCUT2D eigenvalue weighted by Gasteiger charge is 2.12. The van der Waals surface area contributed by atoms with Crippen molar-refractivity contribution in [3.8, 4) is 0 Å². The zero-order chi connectivity index (χ0) is 11.4. The summed E-state index contributed by atoms with van der Waals surface area (Å²) in [7, 11) is 0. The lowest BCUT2D eigenvalue weighted by atomic mass is 10.1. The summed E-state index contributed by atoms with van der Waals surface area (Å²) in [5.74, 6) is -0.385. The molecule has 1 aromatic carbocycles. The Balaban J connectivity index is 2.78. The van der Waals surface area contributed by atoms with E-state index in [2.05, 4.69) is 11.9 Å². The van der Waals surface area contributed by atoms with Gasteiger partial charge in [0.1, 0.15) is 0 Å². The first-order valence-electron chi connectivity index (χ1n) is 4.42. The van der Waals surface area contributed by atoms with Gasteiger partial charge in [-0.25, -0.2) is 0 Å². The van der Waals surface area contributed by atoms with E-state index in [-0.39, 0.29) is 17.0 Å². The molecule has 0 aliphatic rings. The van der Waals surface area contributed by atoms with Crippen molar-refractivity contribution in [3.63, 3.8) is 0 Å². The number of hydrogen-bond donors (Lipinski definition) is 1. The molecule has 0 fully saturated rings. The van der Waals surface area contributed by atoms with Crippen LogP contribution in [0.1, 0.15) is 18.5 Å². The van der Waals surface area contributed by atoms with Crippen molar-refractivity contribution >= 4 is 29.1 Å². The topological polar surface area (TPSA) is 29.1 Å². The number of rotatable bonds is 3. The van der Waals surface area contributed by atoms with Gasteiger partial charge in [0.25, 0.3) is 5.91 Å². The number of nitrogens with one attached hydrogen (secondary N) is 1. The van der Waals surface area contributed by atoms with Gasteiger partial charge in [0.2, 0.25) is 0 Å². The zero-order valence-corrected chi connectivity index (χ0v) is 9.77. The maximum absolute atomic E-state index is 11.3. The molecule has 1 N–H and O–H groups in total. The molecule has 0 unspecified atom stereocenters. The Hall–Kier alpha value is -0.990. The predicted octanol–water partition coefficient (Wildman–Crippen LogP) is 3.27. The Kier molecular flexibility index (Phi) is 4.18. The number of amides is 1. The minimum absolute atomic E-state index is 0.0334. The molecule has 0 heterocycles. The van der Waals surface area contributed by atoms with Crippen molar-refractivity contribution in [2.45, 2.75) is 13.0 Å². The van der Waals surface area contributed by atoms with E-state index in [4.69, 9.17) is 23.2 Å². The number of carbonyl (C=O) groups is 1. The van der Waals surface area contributed by atoms with Gasteiger partial charge in [-0.15, -0.1) is 0 Å². The quantitative estimate of drug-likeness (QED) is 0.812. The van der Waals surface area contributed by atoms with Gasteiger partial charge >= 0.3 is 0 Å². The minimum atomic E-state index is -0.385. The van der Waals surface area contributed by atoms with Gasteiger partial charge in [-0.2, -0.15) is 0 Å². The highest BCUT2D eigenvalue weighted by Crippen LogP contribution is 2.22. The lowest BCUT2D eigenvalue weighted by Crippen LogP contribution is -2.26. The fraction of sp³-hybridized carbons (Fsp3) is 0.182. The number of hydrogen-bond acceptors (Lipinski definition) is 1. The molecule has 1 rings (SSSR count). The fourth-order valence-electron chi connectivity index (χ4n) is 1.18. The van der Waals surface area contributed by atoms with Crippen LogP contribution in [0.15, 0.2) is 35.9 Å². The van der Waals surface area contributed by atoms with E-state index in [0.717, 1.165) is 5.56 Å². The van der Waals surface area contributed by atoms with Crippen molar-refractivity contribution in [3.05, 3.63) is 46.5 Å². The molecular formula is C11H11Cl2NO. The summed E-state index contributed by atoms with van der Waals surface area (Å²) in [6, 6.07) is 7.13. The third-order valence-corrected chi connectivity index (χ3v) is 2.48. The lowest BCUT2D eigenvalue weighted by molar-refractivity contribution is -0.117. The molecule has 4 heteroatoms. The molecule has 1 aromatic rings. The molecule has 0 saturated heterocycles. The van der Waals surface area contributed by atoms with E-state index in [0.29, 0.717) is 5.02 Å². The number of carbonyl (C=O) groups excluding carboxylic acids is 1. The van der Waals surface area contributed by atoms with Crippen LogP contribution < -0.4 is 5.32 Å². The molecule has 2 nitrogen and oxygen atoms in total. The fourth-order valence-corrected chi connectivity index (χ4v) is 1.53. The van der Waals surface area contributed by atoms with Crippen LogP contribution in [-0.4, -0.2) is 5.91 Å². The van der Waals surface area contributed by atoms with E-state index in [1.165, 1.54) is 0 Å². The molecule has 80 valence electrons. The smallest absolute Gasteiger partial charge is 0.262 e. The third-order valence-electron chi connectivity index (χ3n) is 1.97. The Bertz CT molecular complexity index is 390. The van der Waals surface area contributed by atoms with Crippen molar-refractivity contribution < 1.29 is 4.79 Å². The van der Waals surface area contributed by atoms with Gasteiger partial charge in [0.05, 0.1) is 11.1 Å². The second kappa shape index (κ2) is 5.19. The standard InChI is InChI=1S/C11H11Cl2NO/c1-7(12)11(15)14-8(2)9-5-3-4-6-10(9)13/h3-6,8H,1H2,2H3,(H,14,15)/t8-/m1/s1. The van der Waals surface area contributed by atoms with Gasteiger partial charge in [-0.05, 0) is 18.6 Å². The summed E-state index contributed by atoms with van der Waals surface area (Å²) >= 11 is 11.4. The summed E-state index contributed by atoms with van der Waals surface area (Å²) in [6.45, 7) is 5.18. The van der Waals surface area contributed by atoms with Crippen LogP contribution in [0.5, 0.6) is 0 Å². The van der Waals surface area contributed by atoms with Crippen LogP contribution in [0.4, 0.5) is 0 Å². The highest BCUT2D eigenvalue weighted by molar-refractivity contribution is 6.41. The molecule has 0 radical (unpaired) electrons. The first kappa shape index (κ1) is 12.1. The predicted molar refractivity (Wildman–Crippen MR) is 63.0 cm³/mol. The van der Waals surface area contributed by atoms with Crippen molar-refractivity contribution in [2.75, 3.05) is 0 Å². The van der Waals surface area contributed by atoms with Gasteiger partial charge in [0.15, 0.2) is 0 Å². The van der Waals surface area contributed by atoms with E-state index >= 15 is 0 Å². The Morgan fingerprint density at radius 3 is 2.60 bits per heavy atom. The maximum Gasteiger partial charge on any atom is 0.262 e. The van der Waals surface area contributed by atoms with Gasteiger partial charge < -0.3 is 5.32 Å². The monoisotopic (exact) mass is 243 g/mol. The van der Waals surface area contributed by atoms with Gasteiger partial charge in [0, 0.05) is 5.02 Å². The van der Waals surface area contributed by atoms with Crippen molar-refractivity contribution in [1.29, 1.82) is 0 Å². The zero-order valence-electron chi connectivity index (χ0n) is 8.26. The van der Waals surface area contributed by atoms with E-state index in [1.54, 1.807) is 6.07 Å². The van der Waals surface area contributed by atoms with Crippen molar-refractivity contribution in [1.82, 2.24) is 5.32 Å². The van der Waals surface area contributed by atoms with Gasteiger partial charge in [-0.3, -0.25) is 4.79 Å². The van der Waals surface area contributed by atoms with Crippen LogP contribution >= 0.6 is 23.2 Å². The largest absolute Gasteiger partial charge is 0.345 e. The van der Waals surface area contributed by atoms with Crippen LogP contribution in [0.2, 0.25) is 5.02 Å². The Labute approximate surface area is 98.9 Å². The summed E-state index contributed by atoms with van der Waals surface area (Å²) in [4.78, 5) is 11.3. The second-order valence-corrected chi connectivity index (χ2v) is 3.99. The average molecular weight is 244 g/mol. The van der Waals surface area contributed by atoms with Crippen LogP contribution in [0.3, 0.4) is 0 Å².